The topological polar surface area (TPSA) is 67.1 Å². The van der Waals surface area contributed by atoms with Crippen molar-refractivity contribution in [3.8, 4) is 56.7 Å². The lowest BCUT2D eigenvalue weighted by molar-refractivity contribution is 0.484. The van der Waals surface area contributed by atoms with Crippen LogP contribution in [0.4, 0.5) is 11.4 Å². The third-order valence-electron chi connectivity index (χ3n) is 13.4. The van der Waals surface area contributed by atoms with Gasteiger partial charge in [0, 0.05) is 45.8 Å². The molecule has 61 heavy (non-hydrogen) atoms. The summed E-state index contributed by atoms with van der Waals surface area (Å²) in [4.78, 5) is 18.6. The minimum atomic E-state index is 0.312. The van der Waals surface area contributed by atoms with Gasteiger partial charge in [-0.25, -0.2) is 4.98 Å². The van der Waals surface area contributed by atoms with Crippen molar-refractivity contribution in [1.29, 1.82) is 0 Å². The number of fused-ring (bicyclic) bond motifs is 3. The summed E-state index contributed by atoms with van der Waals surface area (Å²) in [6, 6.07) is 43.1. The number of rotatable bonds is 7. The van der Waals surface area contributed by atoms with Crippen molar-refractivity contribution in [3.05, 3.63) is 121 Å². The third kappa shape index (κ3) is 6.53. The highest BCUT2D eigenvalue weighted by atomic mass is 16.3. The Kier molecular flexibility index (Phi) is 10.2. The summed E-state index contributed by atoms with van der Waals surface area (Å²) >= 11 is 0. The molecule has 0 unspecified atom stereocenters. The summed E-state index contributed by atoms with van der Waals surface area (Å²) in [5, 5.41) is 13.4. The van der Waals surface area contributed by atoms with Crippen LogP contribution in [0.5, 0.6) is 5.75 Å². The van der Waals surface area contributed by atoms with Crippen LogP contribution in [0, 0.1) is 0 Å². The van der Waals surface area contributed by atoms with Gasteiger partial charge >= 0.3 is 0 Å². The zero-order valence-electron chi connectivity index (χ0n) is 36.7. The van der Waals surface area contributed by atoms with E-state index >= 15 is 0 Å². The molecular formula is C46H42B9N5O. The number of phenols is 1. The van der Waals surface area contributed by atoms with E-state index in [0.29, 0.717) is 23.3 Å². The van der Waals surface area contributed by atoms with Gasteiger partial charge in [0.05, 0.1) is 16.7 Å². The van der Waals surface area contributed by atoms with E-state index in [2.05, 4.69) is 193 Å². The van der Waals surface area contributed by atoms with Crippen molar-refractivity contribution in [2.45, 2.75) is 0 Å². The Balaban J connectivity index is 1.40. The number of aromatic hydroxyl groups is 1. The zero-order chi connectivity index (χ0) is 42.9. The Morgan fingerprint density at radius 1 is 0.443 bits per heavy atom. The molecule has 7 aromatic carbocycles. The van der Waals surface area contributed by atoms with Crippen molar-refractivity contribution in [1.82, 2.24) is 19.5 Å². The number of nitrogens with zero attached hydrogens (tertiary/aromatic N) is 5. The van der Waals surface area contributed by atoms with Gasteiger partial charge in [-0.15, -0.1) is 16.4 Å². The Morgan fingerprint density at radius 2 is 0.918 bits per heavy atom. The molecule has 2 heterocycles. The van der Waals surface area contributed by atoms with Crippen LogP contribution in [0.3, 0.4) is 0 Å². The van der Waals surface area contributed by atoms with Gasteiger partial charge in [-0.05, 0) is 35.4 Å². The van der Waals surface area contributed by atoms with E-state index in [1.54, 1.807) is 0 Å². The number of benzene rings is 7. The zero-order valence-corrected chi connectivity index (χ0v) is 36.7. The highest BCUT2D eigenvalue weighted by molar-refractivity contribution is 6.68. The maximum absolute atomic E-state index is 11.2. The van der Waals surface area contributed by atoms with E-state index in [1.807, 2.05) is 15.7 Å². The Labute approximate surface area is 366 Å². The molecule has 0 spiro atoms. The summed E-state index contributed by atoms with van der Waals surface area (Å²) in [5.74, 6) is 2.06. The summed E-state index contributed by atoms with van der Waals surface area (Å²) in [6.45, 7) is 0. The minimum absolute atomic E-state index is 0.312. The van der Waals surface area contributed by atoms with Gasteiger partial charge in [0.1, 0.15) is 76.4 Å². The van der Waals surface area contributed by atoms with Crippen molar-refractivity contribution in [3.63, 3.8) is 0 Å². The van der Waals surface area contributed by atoms with Gasteiger partial charge in [-0.3, -0.25) is 4.57 Å². The molecule has 284 valence electrons. The highest BCUT2D eigenvalue weighted by Crippen LogP contribution is 2.43. The van der Waals surface area contributed by atoms with Gasteiger partial charge in [0.2, 0.25) is 5.95 Å². The van der Waals surface area contributed by atoms with E-state index in [-0.39, 0.29) is 0 Å². The Bertz CT molecular complexity index is 3090. The fourth-order valence-electron chi connectivity index (χ4n) is 9.26. The predicted molar refractivity (Wildman–Crippen MR) is 286 cm³/mol. The van der Waals surface area contributed by atoms with Crippen LogP contribution >= 0.6 is 0 Å². The summed E-state index contributed by atoms with van der Waals surface area (Å²) < 4.78 is 2.22. The number of phenolic OH excluding ortho intramolecular Hbond substituents is 1. The second-order valence-corrected chi connectivity index (χ2v) is 16.6. The minimum Gasteiger partial charge on any atom is -0.509 e. The molecule has 0 amide bonds. The molecule has 15 heteroatoms. The van der Waals surface area contributed by atoms with Gasteiger partial charge < -0.3 is 10.0 Å². The lowest BCUT2D eigenvalue weighted by Crippen LogP contribution is -2.55. The van der Waals surface area contributed by atoms with Crippen LogP contribution in [0.25, 0.3) is 72.8 Å². The van der Waals surface area contributed by atoms with Crippen LogP contribution in [-0.4, -0.2) is 102 Å². The molecule has 0 saturated carbocycles. The largest absolute Gasteiger partial charge is 0.509 e. The molecule has 0 aliphatic rings. The van der Waals surface area contributed by atoms with Crippen molar-refractivity contribution < 1.29 is 5.11 Å². The molecule has 0 bridgehead atoms. The van der Waals surface area contributed by atoms with Gasteiger partial charge in [-0.1, -0.05) is 130 Å². The van der Waals surface area contributed by atoms with E-state index in [4.69, 9.17) is 15.0 Å². The molecule has 0 aliphatic carbocycles. The van der Waals surface area contributed by atoms with E-state index < -0.39 is 0 Å². The van der Waals surface area contributed by atoms with Crippen LogP contribution < -0.4 is 54.1 Å². The Hall–Kier alpha value is -6.47. The molecule has 6 nitrogen and oxygen atoms in total. The van der Waals surface area contributed by atoms with Crippen molar-refractivity contribution in [2.75, 3.05) is 11.9 Å². The maximum atomic E-state index is 11.2. The highest BCUT2D eigenvalue weighted by Gasteiger charge is 2.25. The third-order valence-corrected chi connectivity index (χ3v) is 13.4. The lowest BCUT2D eigenvalue weighted by atomic mass is 9.60. The number of para-hydroxylation sites is 2. The molecule has 1 N–H and O–H groups in total. The molecule has 9 aromatic rings. The molecular weight excluding hydrogens is 736 g/mol. The summed E-state index contributed by atoms with van der Waals surface area (Å²) in [5.41, 5.74) is 20.2. The van der Waals surface area contributed by atoms with Crippen LogP contribution in [0.15, 0.2) is 121 Å². The molecule has 0 fully saturated rings. The van der Waals surface area contributed by atoms with E-state index in [0.717, 1.165) is 99.3 Å². The molecule has 0 atom stereocenters. The second-order valence-electron chi connectivity index (χ2n) is 16.6. The first kappa shape index (κ1) is 40.0. The number of hydrogen-bond acceptors (Lipinski definition) is 5. The number of aromatic nitrogens is 4. The maximum Gasteiger partial charge on any atom is 0.238 e. The Morgan fingerprint density at radius 3 is 1.51 bits per heavy atom. The fraction of sp³-hybridized carbons (Fsp3) is 0.0217. The van der Waals surface area contributed by atoms with Gasteiger partial charge in [-0.2, -0.15) is 9.97 Å². The standard InChI is InChI=1S/C46H42B9N5O/c1-59(28-18-10-8-16-24(28)22-12-4-2-5-13-22)30-21-31-27(20-26(30)23-14-6-3-7-15-23)25-17-9-11-19-29(25)60(31)46-57-44(32-34(47)38(51)40(53)39(52)35(32)48)56-45(58-46)33-36(49)41(54)43(61)42(55)37(33)50/h2-21,61H,47-55H2,1H3. The van der Waals surface area contributed by atoms with Crippen molar-refractivity contribution in [2.24, 2.45) is 0 Å². The van der Waals surface area contributed by atoms with E-state index in [1.165, 1.54) is 16.4 Å². The molecule has 0 radical (unpaired) electrons. The quantitative estimate of drug-likeness (QED) is 0.166. The first-order chi connectivity index (χ1) is 29.4. The first-order valence-corrected chi connectivity index (χ1v) is 21.0. The van der Waals surface area contributed by atoms with Gasteiger partial charge in [0.25, 0.3) is 0 Å². The predicted octanol–water partition coefficient (Wildman–Crippen LogP) is -4.56. The first-order valence-electron chi connectivity index (χ1n) is 21.0. The molecule has 0 saturated heterocycles. The van der Waals surface area contributed by atoms with Crippen LogP contribution in [0.1, 0.15) is 0 Å². The van der Waals surface area contributed by atoms with Gasteiger partial charge in [0.15, 0.2) is 11.6 Å². The average Bonchev–Trinajstić information content (AvgIpc) is 3.62. The normalized spacial score (nSPS) is 11.4. The second kappa shape index (κ2) is 15.5. The molecule has 0 aliphatic heterocycles. The van der Waals surface area contributed by atoms with E-state index in [9.17, 15) is 5.11 Å². The summed E-state index contributed by atoms with van der Waals surface area (Å²) in [6.07, 6.45) is 0. The molecule has 2 aromatic heterocycles. The SMILES string of the molecule is Bc1c(B)c(B)c(-c2nc(-c3c(B)c(B)c(O)c(B)c3B)nc(-n3c4ccccc4c4cc(-c5ccccc5)c(N(C)c5ccccc5-c5ccccc5)cc43)n2)c(B)c1B. The number of hydrogen-bond donors (Lipinski definition) is 1. The fourth-order valence-corrected chi connectivity index (χ4v) is 9.26. The smallest absolute Gasteiger partial charge is 0.238 e. The summed E-state index contributed by atoms with van der Waals surface area (Å²) in [7, 11) is 21.1. The van der Waals surface area contributed by atoms with Crippen LogP contribution in [-0.2, 0) is 0 Å². The monoisotopic (exact) mass is 779 g/mol. The lowest BCUT2D eigenvalue weighted by Gasteiger charge is -2.26. The van der Waals surface area contributed by atoms with Crippen LogP contribution in [0.2, 0.25) is 0 Å². The van der Waals surface area contributed by atoms with Crippen molar-refractivity contribution >= 4 is 153 Å². The number of anilines is 2. The molecule has 9 rings (SSSR count). The average molecular weight is 778 g/mol.